The van der Waals surface area contributed by atoms with Gasteiger partial charge < -0.3 is 14.7 Å². The third kappa shape index (κ3) is 3.10. The van der Waals surface area contributed by atoms with Crippen LogP contribution in [0.5, 0.6) is 0 Å². The van der Waals surface area contributed by atoms with Gasteiger partial charge in [-0.1, -0.05) is 41.9 Å². The molecule has 25 heavy (non-hydrogen) atoms. The molecule has 0 saturated heterocycles. The average molecular weight is 378 g/mol. The molecule has 0 bridgehead atoms. The van der Waals surface area contributed by atoms with Gasteiger partial charge >= 0.3 is 10.1 Å². The summed E-state index contributed by atoms with van der Waals surface area (Å²) < 4.78 is 35.1. The van der Waals surface area contributed by atoms with E-state index in [1.54, 1.807) is 42.5 Å². The first-order chi connectivity index (χ1) is 11.7. The molecule has 0 unspecified atom stereocenters. The second-order valence-electron chi connectivity index (χ2n) is 5.52. The maximum atomic E-state index is 12.7. The molecule has 128 valence electrons. The van der Waals surface area contributed by atoms with E-state index in [-0.39, 0.29) is 10.8 Å². The van der Waals surface area contributed by atoms with Gasteiger partial charge in [-0.25, -0.2) is 0 Å². The zero-order valence-electron chi connectivity index (χ0n) is 13.1. The van der Waals surface area contributed by atoms with Crippen LogP contribution in [0.4, 0.5) is 0 Å². The predicted molar refractivity (Wildman–Crippen MR) is 93.7 cm³/mol. The molecule has 2 aromatic carbocycles. The van der Waals surface area contributed by atoms with Crippen molar-refractivity contribution < 1.29 is 22.1 Å². The predicted octanol–water partition coefficient (Wildman–Crippen LogP) is 1.26. The molecule has 0 spiro atoms. The first-order valence-corrected chi connectivity index (χ1v) is 9.02. The van der Waals surface area contributed by atoms with E-state index in [1.807, 2.05) is 0 Å². The fourth-order valence-corrected chi connectivity index (χ4v) is 3.51. The average Bonchev–Trinajstić information content (AvgIpc) is 2.80. The Morgan fingerprint density at radius 1 is 1.08 bits per heavy atom. The van der Waals surface area contributed by atoms with Crippen LogP contribution >= 0.6 is 11.6 Å². The Morgan fingerprint density at radius 3 is 2.28 bits per heavy atom. The van der Waals surface area contributed by atoms with Crippen molar-refractivity contribution in [2.45, 2.75) is 10.4 Å². The Kier molecular flexibility index (Phi) is 4.26. The van der Waals surface area contributed by atoms with Gasteiger partial charge in [0.05, 0.1) is 0 Å². The van der Waals surface area contributed by atoms with E-state index in [9.17, 15) is 13.2 Å². The SMILES string of the molecule is B[C@@]1(c2ccc(Cl)cc2)OC(N)=C(OS(=O)(=O)c2ccccc2)C1=O. The van der Waals surface area contributed by atoms with Gasteiger partial charge in [0.15, 0.2) is 13.3 Å². The number of Topliss-reactive ketones (excluding diaryl/α,β-unsaturated/α-hetero) is 1. The number of halogens is 1. The highest BCUT2D eigenvalue weighted by molar-refractivity contribution is 7.86. The zero-order chi connectivity index (χ0) is 18.2. The molecule has 9 heteroatoms. The third-order valence-electron chi connectivity index (χ3n) is 3.80. The Hall–Kier alpha value is -2.45. The van der Waals surface area contributed by atoms with Crippen LogP contribution in [0.3, 0.4) is 0 Å². The maximum Gasteiger partial charge on any atom is 0.339 e. The quantitative estimate of drug-likeness (QED) is 0.636. The highest BCUT2D eigenvalue weighted by Gasteiger charge is 2.49. The molecule has 0 aromatic heterocycles. The minimum absolute atomic E-state index is 0.0943. The van der Waals surface area contributed by atoms with Crippen LogP contribution < -0.4 is 5.73 Å². The van der Waals surface area contributed by atoms with Crippen molar-refractivity contribution in [2.75, 3.05) is 0 Å². The fraction of sp³-hybridized carbons (Fsp3) is 0.0625. The van der Waals surface area contributed by atoms with Crippen molar-refractivity contribution >= 4 is 35.3 Å². The molecular formula is C16H13BClNO5S. The summed E-state index contributed by atoms with van der Waals surface area (Å²) >= 11 is 5.85. The molecule has 1 aliphatic heterocycles. The topological polar surface area (TPSA) is 95.7 Å². The second kappa shape index (κ2) is 6.13. The van der Waals surface area contributed by atoms with Gasteiger partial charge in [-0.3, -0.25) is 4.79 Å². The lowest BCUT2D eigenvalue weighted by molar-refractivity contribution is -0.126. The van der Waals surface area contributed by atoms with Gasteiger partial charge in [0.1, 0.15) is 4.90 Å². The second-order valence-corrected chi connectivity index (χ2v) is 7.50. The first-order valence-electron chi connectivity index (χ1n) is 7.23. The van der Waals surface area contributed by atoms with E-state index < -0.39 is 27.2 Å². The minimum Gasteiger partial charge on any atom is -0.467 e. The highest BCUT2D eigenvalue weighted by atomic mass is 35.5. The number of rotatable bonds is 4. The number of hydrogen-bond acceptors (Lipinski definition) is 6. The van der Waals surface area contributed by atoms with Gasteiger partial charge in [0, 0.05) is 5.02 Å². The number of nitrogens with two attached hydrogens (primary N) is 1. The largest absolute Gasteiger partial charge is 0.467 e. The minimum atomic E-state index is -4.21. The van der Waals surface area contributed by atoms with Crippen LogP contribution in [0, 0.1) is 0 Å². The lowest BCUT2D eigenvalue weighted by Crippen LogP contribution is -2.35. The van der Waals surface area contributed by atoms with Gasteiger partial charge in [0.25, 0.3) is 0 Å². The summed E-state index contributed by atoms with van der Waals surface area (Å²) in [5, 5.41) is 0.488. The Labute approximate surface area is 150 Å². The van der Waals surface area contributed by atoms with E-state index in [1.165, 1.54) is 20.0 Å². The molecule has 0 amide bonds. The van der Waals surface area contributed by atoms with Crippen molar-refractivity contribution in [3.05, 3.63) is 76.8 Å². The highest BCUT2D eigenvalue weighted by Crippen LogP contribution is 2.36. The lowest BCUT2D eigenvalue weighted by Gasteiger charge is -2.23. The monoisotopic (exact) mass is 377 g/mol. The Bertz CT molecular complexity index is 960. The Balaban J connectivity index is 1.92. The molecule has 0 saturated carbocycles. The van der Waals surface area contributed by atoms with Gasteiger partial charge in [0.2, 0.25) is 17.4 Å². The van der Waals surface area contributed by atoms with Crippen LogP contribution in [-0.2, 0) is 29.3 Å². The molecule has 3 rings (SSSR count). The van der Waals surface area contributed by atoms with Crippen molar-refractivity contribution in [2.24, 2.45) is 5.73 Å². The van der Waals surface area contributed by atoms with Crippen LogP contribution in [0.15, 0.2) is 71.1 Å². The number of benzene rings is 2. The molecule has 1 aliphatic rings. The summed E-state index contributed by atoms with van der Waals surface area (Å²) in [6, 6.07) is 13.8. The van der Waals surface area contributed by atoms with E-state index >= 15 is 0 Å². The van der Waals surface area contributed by atoms with Crippen molar-refractivity contribution in [1.82, 2.24) is 0 Å². The molecule has 0 aliphatic carbocycles. The summed E-state index contributed by atoms with van der Waals surface area (Å²) in [6.45, 7) is 0. The lowest BCUT2D eigenvalue weighted by atomic mass is 9.73. The van der Waals surface area contributed by atoms with E-state index in [4.69, 9.17) is 26.3 Å². The molecule has 6 nitrogen and oxygen atoms in total. The van der Waals surface area contributed by atoms with Crippen LogP contribution in [-0.4, -0.2) is 22.0 Å². The first kappa shape index (κ1) is 17.4. The van der Waals surface area contributed by atoms with E-state index in [0.29, 0.717) is 10.6 Å². The number of ether oxygens (including phenoxy) is 1. The standard InChI is InChI=1S/C16H13BClNO5S/c17-16(10-6-8-11(18)9-7-10)14(20)13(15(19)23-16)24-25(21,22)12-4-2-1-3-5-12/h1-9H,17,19H2/t16-/m0/s1. The van der Waals surface area contributed by atoms with Crippen LogP contribution in [0.1, 0.15) is 5.56 Å². The number of ketones is 1. The van der Waals surface area contributed by atoms with Gasteiger partial charge in [-0.05, 0) is 29.8 Å². The van der Waals surface area contributed by atoms with E-state index in [2.05, 4.69) is 0 Å². The number of hydrogen-bond donors (Lipinski definition) is 1. The fourth-order valence-electron chi connectivity index (χ4n) is 2.42. The molecular weight excluding hydrogens is 365 g/mol. The molecule has 2 aromatic rings. The number of carbonyl (C=O) groups excluding carboxylic acids is 1. The summed E-state index contributed by atoms with van der Waals surface area (Å²) in [6.07, 6.45) is 0. The third-order valence-corrected chi connectivity index (χ3v) is 5.28. The summed E-state index contributed by atoms with van der Waals surface area (Å²) in [5.41, 5.74) is 4.70. The van der Waals surface area contributed by atoms with Crippen LogP contribution in [0.2, 0.25) is 5.02 Å². The maximum absolute atomic E-state index is 12.7. The zero-order valence-corrected chi connectivity index (χ0v) is 14.7. The normalized spacial score (nSPS) is 20.4. The molecule has 1 atom stereocenters. The van der Waals surface area contributed by atoms with Crippen LogP contribution in [0.25, 0.3) is 0 Å². The summed E-state index contributed by atoms with van der Waals surface area (Å²) in [4.78, 5) is 12.7. The number of carbonyl (C=O) groups is 1. The van der Waals surface area contributed by atoms with Gasteiger partial charge in [-0.2, -0.15) is 8.42 Å². The summed E-state index contributed by atoms with van der Waals surface area (Å²) in [5.74, 6) is -1.62. The Morgan fingerprint density at radius 2 is 1.68 bits per heavy atom. The van der Waals surface area contributed by atoms with Gasteiger partial charge in [-0.15, -0.1) is 0 Å². The van der Waals surface area contributed by atoms with E-state index in [0.717, 1.165) is 0 Å². The van der Waals surface area contributed by atoms with Crippen molar-refractivity contribution in [1.29, 1.82) is 0 Å². The summed E-state index contributed by atoms with van der Waals surface area (Å²) in [7, 11) is -2.73. The van der Waals surface area contributed by atoms with Crippen molar-refractivity contribution in [3.63, 3.8) is 0 Å². The smallest absolute Gasteiger partial charge is 0.339 e. The molecule has 2 N–H and O–H groups in total. The molecule has 0 radical (unpaired) electrons. The molecule has 1 heterocycles. The van der Waals surface area contributed by atoms with Crippen molar-refractivity contribution in [3.8, 4) is 0 Å². The molecule has 0 fully saturated rings.